The molecule has 1 N–H and O–H groups in total. The highest BCUT2D eigenvalue weighted by Crippen LogP contribution is 2.29. The van der Waals surface area contributed by atoms with Crippen LogP contribution in [0.5, 0.6) is 0 Å². The van der Waals surface area contributed by atoms with Gasteiger partial charge < -0.3 is 9.64 Å². The van der Waals surface area contributed by atoms with Crippen LogP contribution in [0.3, 0.4) is 0 Å². The van der Waals surface area contributed by atoms with Crippen molar-refractivity contribution in [2.24, 2.45) is 5.92 Å². The van der Waals surface area contributed by atoms with Crippen LogP contribution >= 0.6 is 0 Å². The number of hydrogen-bond acceptors (Lipinski definition) is 4. The molecule has 0 spiro atoms. The van der Waals surface area contributed by atoms with Crippen LogP contribution in [0.4, 0.5) is 0 Å². The minimum Gasteiger partial charge on any atom is -0.381 e. The Morgan fingerprint density at radius 1 is 1.42 bits per heavy atom. The molecule has 1 aliphatic heterocycles. The smallest absolute Gasteiger partial charge is 0.274 e. The topological polar surface area (TPSA) is 75.3 Å². The third-order valence-electron chi connectivity index (χ3n) is 3.63. The first-order valence-corrected chi connectivity index (χ1v) is 6.68. The van der Waals surface area contributed by atoms with Gasteiger partial charge in [-0.2, -0.15) is 5.10 Å². The molecule has 3 rings (SSSR count). The predicted molar refractivity (Wildman–Crippen MR) is 67.8 cm³/mol. The Labute approximate surface area is 110 Å². The van der Waals surface area contributed by atoms with Gasteiger partial charge in [-0.3, -0.25) is 9.59 Å². The molecule has 1 saturated heterocycles. The lowest BCUT2D eigenvalue weighted by Crippen LogP contribution is -2.38. The van der Waals surface area contributed by atoms with E-state index in [1.165, 1.54) is 12.1 Å². The van der Waals surface area contributed by atoms with Crippen LogP contribution in [0, 0.1) is 5.92 Å². The van der Waals surface area contributed by atoms with Gasteiger partial charge in [-0.05, 0) is 25.3 Å². The number of aromatic amines is 1. The molecule has 102 valence electrons. The van der Waals surface area contributed by atoms with Gasteiger partial charge in [0.25, 0.3) is 11.5 Å². The van der Waals surface area contributed by atoms with E-state index >= 15 is 0 Å². The van der Waals surface area contributed by atoms with Gasteiger partial charge in [-0.25, -0.2) is 5.10 Å². The maximum Gasteiger partial charge on any atom is 0.274 e. The second-order valence-corrected chi connectivity index (χ2v) is 5.22. The number of amides is 1. The Kier molecular flexibility index (Phi) is 3.33. The number of nitrogens with zero attached hydrogens (tertiary/aromatic N) is 2. The molecule has 2 heterocycles. The van der Waals surface area contributed by atoms with Crippen molar-refractivity contribution in [2.75, 3.05) is 19.8 Å². The van der Waals surface area contributed by atoms with Crippen LogP contribution in [0.2, 0.25) is 0 Å². The highest BCUT2D eigenvalue weighted by molar-refractivity contribution is 5.92. The number of ether oxygens (including phenoxy) is 1. The molecule has 2 aliphatic rings. The fraction of sp³-hybridized carbons (Fsp3) is 0.615. The van der Waals surface area contributed by atoms with Crippen LogP contribution in [-0.2, 0) is 4.74 Å². The summed E-state index contributed by atoms with van der Waals surface area (Å²) in [6.45, 7) is 2.24. The van der Waals surface area contributed by atoms with Gasteiger partial charge >= 0.3 is 0 Å². The Morgan fingerprint density at radius 3 is 2.84 bits per heavy atom. The lowest BCUT2D eigenvalue weighted by molar-refractivity contribution is 0.0699. The monoisotopic (exact) mass is 263 g/mol. The SMILES string of the molecule is O=C(c1ccc(=O)[nH]n1)N(CC1CCOC1)C1CC1. The fourth-order valence-electron chi connectivity index (χ4n) is 2.40. The summed E-state index contributed by atoms with van der Waals surface area (Å²) in [4.78, 5) is 25.3. The van der Waals surface area contributed by atoms with Crippen LogP contribution < -0.4 is 5.56 Å². The van der Waals surface area contributed by atoms with E-state index in [1.807, 2.05) is 4.90 Å². The Bertz CT molecular complexity index is 498. The largest absolute Gasteiger partial charge is 0.381 e. The zero-order chi connectivity index (χ0) is 13.2. The first kappa shape index (κ1) is 12.3. The lowest BCUT2D eigenvalue weighted by Gasteiger charge is -2.24. The molecule has 0 radical (unpaired) electrons. The first-order chi connectivity index (χ1) is 9.24. The molecule has 0 aromatic carbocycles. The molecule has 2 fully saturated rings. The third-order valence-corrected chi connectivity index (χ3v) is 3.63. The van der Waals surface area contributed by atoms with E-state index < -0.39 is 0 Å². The quantitative estimate of drug-likeness (QED) is 0.853. The van der Waals surface area contributed by atoms with Crippen molar-refractivity contribution in [3.63, 3.8) is 0 Å². The molecule has 1 amide bonds. The Balaban J connectivity index is 1.73. The zero-order valence-corrected chi connectivity index (χ0v) is 10.7. The van der Waals surface area contributed by atoms with Gasteiger partial charge in [0.1, 0.15) is 5.69 Å². The number of rotatable bonds is 4. The van der Waals surface area contributed by atoms with E-state index in [2.05, 4.69) is 10.2 Å². The highest BCUT2D eigenvalue weighted by atomic mass is 16.5. The standard InChI is InChI=1S/C13H17N3O3/c17-12-4-3-11(14-15-12)13(18)16(10-1-2-10)7-9-5-6-19-8-9/h3-4,9-10H,1-2,5-8H2,(H,15,17). The van der Waals surface area contributed by atoms with Crippen molar-refractivity contribution in [1.82, 2.24) is 15.1 Å². The third kappa shape index (κ3) is 2.84. The minimum atomic E-state index is -0.293. The summed E-state index contributed by atoms with van der Waals surface area (Å²) in [5.41, 5.74) is 0.0177. The van der Waals surface area contributed by atoms with Crippen LogP contribution in [-0.4, -0.2) is 46.8 Å². The van der Waals surface area contributed by atoms with Crippen molar-refractivity contribution in [3.05, 3.63) is 28.2 Å². The molecule has 19 heavy (non-hydrogen) atoms. The number of carbonyl (C=O) groups excluding carboxylic acids is 1. The second kappa shape index (κ2) is 5.13. The fourth-order valence-corrected chi connectivity index (χ4v) is 2.40. The minimum absolute atomic E-state index is 0.0920. The van der Waals surface area contributed by atoms with E-state index in [4.69, 9.17) is 4.74 Å². The van der Waals surface area contributed by atoms with Crippen molar-refractivity contribution in [1.29, 1.82) is 0 Å². The highest BCUT2D eigenvalue weighted by Gasteiger charge is 2.35. The number of carbonyl (C=O) groups is 1. The maximum atomic E-state index is 12.4. The molecule has 6 heteroatoms. The summed E-state index contributed by atoms with van der Waals surface area (Å²) in [7, 11) is 0. The summed E-state index contributed by atoms with van der Waals surface area (Å²) in [6.07, 6.45) is 3.13. The predicted octanol–water partition coefficient (Wildman–Crippen LogP) is 0.411. The van der Waals surface area contributed by atoms with Crippen LogP contribution in [0.1, 0.15) is 29.8 Å². The van der Waals surface area contributed by atoms with Gasteiger partial charge in [0.2, 0.25) is 0 Å². The van der Waals surface area contributed by atoms with Gasteiger partial charge in [0.15, 0.2) is 0 Å². The van der Waals surface area contributed by atoms with Crippen molar-refractivity contribution >= 4 is 5.91 Å². The molecular weight excluding hydrogens is 246 g/mol. The number of nitrogens with one attached hydrogen (secondary N) is 1. The van der Waals surface area contributed by atoms with Crippen molar-refractivity contribution in [3.8, 4) is 0 Å². The van der Waals surface area contributed by atoms with E-state index in [0.717, 1.165) is 39.0 Å². The molecule has 1 atom stereocenters. The van der Waals surface area contributed by atoms with Gasteiger partial charge in [0.05, 0.1) is 6.61 Å². The summed E-state index contributed by atoms with van der Waals surface area (Å²) < 4.78 is 5.36. The number of hydrogen-bond donors (Lipinski definition) is 1. The van der Waals surface area contributed by atoms with E-state index in [-0.39, 0.29) is 11.5 Å². The van der Waals surface area contributed by atoms with E-state index in [9.17, 15) is 9.59 Å². The van der Waals surface area contributed by atoms with E-state index in [1.54, 1.807) is 0 Å². The lowest BCUT2D eigenvalue weighted by atomic mass is 10.1. The molecule has 1 saturated carbocycles. The second-order valence-electron chi connectivity index (χ2n) is 5.22. The Hall–Kier alpha value is -1.69. The molecule has 1 aromatic rings. The summed E-state index contributed by atoms with van der Waals surface area (Å²) in [6, 6.07) is 3.16. The zero-order valence-electron chi connectivity index (χ0n) is 10.7. The molecule has 1 aromatic heterocycles. The average molecular weight is 263 g/mol. The summed E-state index contributed by atoms with van der Waals surface area (Å²) in [5.74, 6) is 0.331. The molecule has 1 unspecified atom stereocenters. The maximum absolute atomic E-state index is 12.4. The summed E-state index contributed by atoms with van der Waals surface area (Å²) >= 11 is 0. The van der Waals surface area contributed by atoms with Crippen LogP contribution in [0.25, 0.3) is 0 Å². The van der Waals surface area contributed by atoms with Gasteiger partial charge in [-0.15, -0.1) is 0 Å². The number of H-pyrrole nitrogens is 1. The molecule has 1 aliphatic carbocycles. The number of aromatic nitrogens is 2. The molecule has 6 nitrogen and oxygen atoms in total. The van der Waals surface area contributed by atoms with Crippen LogP contribution in [0.15, 0.2) is 16.9 Å². The Morgan fingerprint density at radius 2 is 2.26 bits per heavy atom. The average Bonchev–Trinajstić information content (AvgIpc) is 3.13. The first-order valence-electron chi connectivity index (χ1n) is 6.68. The molecular formula is C13H17N3O3. The van der Waals surface area contributed by atoms with E-state index in [0.29, 0.717) is 17.7 Å². The normalized spacial score (nSPS) is 22.4. The van der Waals surface area contributed by atoms with Crippen molar-refractivity contribution in [2.45, 2.75) is 25.3 Å². The van der Waals surface area contributed by atoms with Gasteiger partial charge in [-0.1, -0.05) is 0 Å². The molecule has 0 bridgehead atoms. The summed E-state index contributed by atoms with van der Waals surface area (Å²) in [5, 5.41) is 6.13. The van der Waals surface area contributed by atoms with Gasteiger partial charge in [0, 0.05) is 31.2 Å². The van der Waals surface area contributed by atoms with Crippen molar-refractivity contribution < 1.29 is 9.53 Å².